The Morgan fingerprint density at radius 3 is 2.95 bits per heavy atom. The van der Waals surface area contributed by atoms with Crippen LogP contribution >= 0.6 is 0 Å². The Morgan fingerprint density at radius 2 is 2.35 bits per heavy atom. The second-order valence-electron chi connectivity index (χ2n) is 4.47. The number of hydrogen-bond donors (Lipinski definition) is 2. The molecule has 2 rings (SSSR count). The van der Waals surface area contributed by atoms with Crippen molar-refractivity contribution >= 4 is 5.97 Å². The van der Waals surface area contributed by atoms with E-state index in [1.807, 2.05) is 0 Å². The smallest absolute Gasteiger partial charge is 0.325 e. The number of imidazole rings is 1. The van der Waals surface area contributed by atoms with E-state index in [4.69, 9.17) is 4.74 Å². The molecule has 0 radical (unpaired) electrons. The largest absolute Gasteiger partial charge is 0.497 e. The van der Waals surface area contributed by atoms with Gasteiger partial charge in [0.25, 0.3) is 0 Å². The molecule has 6 heteroatoms. The number of aliphatic carboxylic acids is 1. The number of aromatic amines is 1. The maximum absolute atomic E-state index is 11.6. The van der Waals surface area contributed by atoms with Crippen LogP contribution in [0.3, 0.4) is 0 Å². The number of likely N-dealkylation sites (N-methyl/N-ethyl adjacent to an activating group) is 1. The van der Waals surface area contributed by atoms with Gasteiger partial charge in [0.2, 0.25) is 0 Å². The zero-order valence-corrected chi connectivity index (χ0v) is 11.4. The van der Waals surface area contributed by atoms with Gasteiger partial charge in [0.05, 0.1) is 13.7 Å². The third-order valence-corrected chi connectivity index (χ3v) is 3.04. The van der Waals surface area contributed by atoms with Crippen LogP contribution in [0.25, 0.3) is 0 Å². The molecule has 20 heavy (non-hydrogen) atoms. The van der Waals surface area contributed by atoms with Gasteiger partial charge >= 0.3 is 5.97 Å². The first-order valence-electron chi connectivity index (χ1n) is 6.17. The summed E-state index contributed by atoms with van der Waals surface area (Å²) < 4.78 is 5.14. The molecule has 1 aromatic heterocycles. The molecule has 0 saturated carbocycles. The van der Waals surface area contributed by atoms with E-state index in [9.17, 15) is 9.90 Å². The minimum absolute atomic E-state index is 0.418. The molecule has 0 fully saturated rings. The van der Waals surface area contributed by atoms with Crippen LogP contribution < -0.4 is 4.74 Å². The molecular weight excluding hydrogens is 258 g/mol. The number of ether oxygens (including phenoxy) is 1. The zero-order valence-electron chi connectivity index (χ0n) is 11.4. The number of nitrogens with zero attached hydrogens (tertiary/aromatic N) is 2. The molecule has 0 amide bonds. The van der Waals surface area contributed by atoms with Crippen molar-refractivity contribution in [3.8, 4) is 5.75 Å². The van der Waals surface area contributed by atoms with Gasteiger partial charge < -0.3 is 14.8 Å². The predicted molar refractivity (Wildman–Crippen MR) is 73.4 cm³/mol. The lowest BCUT2D eigenvalue weighted by Crippen LogP contribution is -2.30. The third kappa shape index (κ3) is 3.16. The van der Waals surface area contributed by atoms with Crippen LogP contribution in [0.5, 0.6) is 5.75 Å². The molecule has 1 atom stereocenters. The van der Waals surface area contributed by atoms with E-state index in [0.717, 1.165) is 5.82 Å². The van der Waals surface area contributed by atoms with Crippen molar-refractivity contribution in [3.05, 3.63) is 48.0 Å². The molecule has 0 spiro atoms. The Morgan fingerprint density at radius 1 is 1.55 bits per heavy atom. The molecule has 0 aliphatic heterocycles. The van der Waals surface area contributed by atoms with Crippen molar-refractivity contribution in [2.75, 3.05) is 14.2 Å². The number of rotatable bonds is 6. The summed E-state index contributed by atoms with van der Waals surface area (Å²) >= 11 is 0. The fourth-order valence-electron chi connectivity index (χ4n) is 2.11. The summed E-state index contributed by atoms with van der Waals surface area (Å²) in [5.74, 6) is 0.453. The maximum atomic E-state index is 11.6. The van der Waals surface area contributed by atoms with Crippen LogP contribution in [0, 0.1) is 0 Å². The number of hydrogen-bond acceptors (Lipinski definition) is 4. The number of aromatic nitrogens is 2. The molecule has 0 aliphatic rings. The molecule has 0 unspecified atom stereocenters. The fraction of sp³-hybridized carbons (Fsp3) is 0.286. The number of carbonyl (C=O) groups is 1. The number of carboxylic acid groups (broad SMARTS) is 1. The summed E-state index contributed by atoms with van der Waals surface area (Å²) in [5, 5.41) is 9.48. The molecule has 2 N–H and O–H groups in total. The van der Waals surface area contributed by atoms with Gasteiger partial charge in [-0.05, 0) is 24.7 Å². The van der Waals surface area contributed by atoms with E-state index in [-0.39, 0.29) is 0 Å². The van der Waals surface area contributed by atoms with Gasteiger partial charge in [0.1, 0.15) is 17.6 Å². The Balaban J connectivity index is 2.23. The summed E-state index contributed by atoms with van der Waals surface area (Å²) in [6.07, 6.45) is 3.36. The molecular formula is C14H17N3O3. The summed E-state index contributed by atoms with van der Waals surface area (Å²) in [4.78, 5) is 20.4. The number of carboxylic acids is 1. The lowest BCUT2D eigenvalue weighted by molar-refractivity contribution is -0.143. The van der Waals surface area contributed by atoms with E-state index in [1.165, 1.54) is 0 Å². The van der Waals surface area contributed by atoms with Crippen molar-refractivity contribution in [3.63, 3.8) is 0 Å². The van der Waals surface area contributed by atoms with Crippen LogP contribution in [0.15, 0.2) is 36.7 Å². The van der Waals surface area contributed by atoms with Gasteiger partial charge in [0.15, 0.2) is 0 Å². The van der Waals surface area contributed by atoms with Gasteiger partial charge in [-0.2, -0.15) is 0 Å². The fourth-order valence-corrected chi connectivity index (χ4v) is 2.11. The molecule has 0 aliphatic carbocycles. The van der Waals surface area contributed by atoms with E-state index in [0.29, 0.717) is 17.9 Å². The van der Waals surface area contributed by atoms with E-state index in [1.54, 1.807) is 55.7 Å². The lowest BCUT2D eigenvalue weighted by atomic mass is 10.1. The summed E-state index contributed by atoms with van der Waals surface area (Å²) in [7, 11) is 3.31. The number of benzene rings is 1. The second kappa shape index (κ2) is 6.21. The second-order valence-corrected chi connectivity index (χ2v) is 4.47. The Hall–Kier alpha value is -2.34. The normalized spacial score (nSPS) is 12.3. The molecule has 0 saturated heterocycles. The molecule has 2 aromatic rings. The van der Waals surface area contributed by atoms with Crippen molar-refractivity contribution in [2.24, 2.45) is 0 Å². The Kier molecular flexibility index (Phi) is 4.37. The summed E-state index contributed by atoms with van der Waals surface area (Å²) in [6.45, 7) is 0.418. The highest BCUT2D eigenvalue weighted by Gasteiger charge is 2.25. The van der Waals surface area contributed by atoms with Gasteiger partial charge in [-0.1, -0.05) is 12.1 Å². The Bertz CT molecular complexity index is 569. The van der Waals surface area contributed by atoms with Crippen molar-refractivity contribution < 1.29 is 14.6 Å². The third-order valence-electron chi connectivity index (χ3n) is 3.04. The average Bonchev–Trinajstić information content (AvgIpc) is 2.91. The van der Waals surface area contributed by atoms with Crippen LogP contribution in [0.2, 0.25) is 0 Å². The van der Waals surface area contributed by atoms with Gasteiger partial charge in [-0.3, -0.25) is 9.69 Å². The van der Waals surface area contributed by atoms with Crippen LogP contribution in [0.1, 0.15) is 17.4 Å². The summed E-state index contributed by atoms with van der Waals surface area (Å²) in [5.41, 5.74) is 0.672. The van der Waals surface area contributed by atoms with Gasteiger partial charge in [-0.15, -0.1) is 0 Å². The minimum atomic E-state index is -0.910. The zero-order chi connectivity index (χ0) is 14.5. The number of nitrogens with one attached hydrogen (secondary N) is 1. The monoisotopic (exact) mass is 275 g/mol. The van der Waals surface area contributed by atoms with Gasteiger partial charge in [0, 0.05) is 12.4 Å². The first-order valence-corrected chi connectivity index (χ1v) is 6.17. The molecule has 6 nitrogen and oxygen atoms in total. The SMILES string of the molecule is COc1cccc([C@H](C(=O)O)N(C)Cc2ncc[nH]2)c1. The highest BCUT2D eigenvalue weighted by molar-refractivity contribution is 5.75. The van der Waals surface area contributed by atoms with Crippen molar-refractivity contribution in [1.82, 2.24) is 14.9 Å². The highest BCUT2D eigenvalue weighted by atomic mass is 16.5. The van der Waals surface area contributed by atoms with Crippen LogP contribution in [-0.2, 0) is 11.3 Å². The lowest BCUT2D eigenvalue weighted by Gasteiger charge is -2.24. The minimum Gasteiger partial charge on any atom is -0.497 e. The van der Waals surface area contributed by atoms with Crippen molar-refractivity contribution in [1.29, 1.82) is 0 Å². The standard InChI is InChI=1S/C14H17N3O3/c1-17(9-12-15-6-7-16-12)13(14(18)19)10-4-3-5-11(8-10)20-2/h3-8,13H,9H2,1-2H3,(H,15,16)(H,18,19)/t13-/m1/s1. The van der Waals surface area contributed by atoms with E-state index < -0.39 is 12.0 Å². The van der Waals surface area contributed by atoms with E-state index >= 15 is 0 Å². The molecule has 1 aromatic carbocycles. The predicted octanol–water partition coefficient (Wildman–Crippen LogP) is 1.68. The number of methoxy groups -OCH3 is 1. The summed E-state index contributed by atoms with van der Waals surface area (Å²) in [6, 6.07) is 6.33. The van der Waals surface area contributed by atoms with Crippen molar-refractivity contribution in [2.45, 2.75) is 12.6 Å². The topological polar surface area (TPSA) is 78.5 Å². The first kappa shape index (κ1) is 14.1. The Labute approximate surface area is 117 Å². The average molecular weight is 275 g/mol. The first-order chi connectivity index (χ1) is 9.61. The number of H-pyrrole nitrogens is 1. The maximum Gasteiger partial charge on any atom is 0.325 e. The molecule has 106 valence electrons. The van der Waals surface area contributed by atoms with Crippen LogP contribution in [-0.4, -0.2) is 40.1 Å². The molecule has 0 bridgehead atoms. The van der Waals surface area contributed by atoms with E-state index in [2.05, 4.69) is 9.97 Å². The van der Waals surface area contributed by atoms with Crippen LogP contribution in [0.4, 0.5) is 0 Å². The molecule has 1 heterocycles. The quantitative estimate of drug-likeness (QED) is 0.838. The highest BCUT2D eigenvalue weighted by Crippen LogP contribution is 2.24. The van der Waals surface area contributed by atoms with Gasteiger partial charge in [-0.25, -0.2) is 4.98 Å².